The highest BCUT2D eigenvalue weighted by atomic mass is 19.4. The maximum Gasteiger partial charge on any atom is 0.431 e. The minimum absolute atomic E-state index is 0.0579. The van der Waals surface area contributed by atoms with Gasteiger partial charge < -0.3 is 19.8 Å². The maximum absolute atomic E-state index is 14.0. The summed E-state index contributed by atoms with van der Waals surface area (Å²) in [6, 6.07) is 7.67. The van der Waals surface area contributed by atoms with Gasteiger partial charge in [0.15, 0.2) is 0 Å². The van der Waals surface area contributed by atoms with Crippen LogP contribution in [0.4, 0.5) is 23.4 Å². The average molecular weight is 424 g/mol. The van der Waals surface area contributed by atoms with E-state index in [0.29, 0.717) is 5.75 Å². The molecule has 0 spiro atoms. The van der Waals surface area contributed by atoms with E-state index in [2.05, 4.69) is 20.3 Å². The number of rotatable bonds is 5. The fourth-order valence-electron chi connectivity index (χ4n) is 3.31. The number of para-hydroxylation sites is 1. The minimum Gasteiger partial charge on any atom is -0.490 e. The molecule has 0 amide bonds. The Morgan fingerprint density at radius 2 is 1.97 bits per heavy atom. The van der Waals surface area contributed by atoms with Gasteiger partial charge in [0.25, 0.3) is 0 Å². The highest BCUT2D eigenvalue weighted by molar-refractivity contribution is 5.88. The molecule has 1 aliphatic rings. The molecule has 2 N–H and O–H groups in total. The highest BCUT2D eigenvalue weighted by Crippen LogP contribution is 2.38. The Hall–Kier alpha value is -2.88. The van der Waals surface area contributed by atoms with E-state index >= 15 is 0 Å². The average Bonchev–Trinajstić information content (AvgIpc) is 3.12. The first-order valence-corrected chi connectivity index (χ1v) is 9.31. The molecule has 160 valence electrons. The molecule has 2 unspecified atom stereocenters. The smallest absolute Gasteiger partial charge is 0.431 e. The Bertz CT molecular complexity index is 1050. The highest BCUT2D eigenvalue weighted by Gasteiger charge is 2.36. The van der Waals surface area contributed by atoms with Crippen LogP contribution in [0.1, 0.15) is 31.1 Å². The summed E-state index contributed by atoms with van der Waals surface area (Å²) >= 11 is 0. The van der Waals surface area contributed by atoms with E-state index < -0.39 is 29.7 Å². The van der Waals surface area contributed by atoms with Crippen molar-refractivity contribution < 1.29 is 27.0 Å². The van der Waals surface area contributed by atoms with Crippen molar-refractivity contribution >= 4 is 16.9 Å². The first kappa shape index (κ1) is 20.4. The number of fused-ring (bicyclic) bond motifs is 2. The summed E-state index contributed by atoms with van der Waals surface area (Å²) in [5.74, 6) is 0.825. The van der Waals surface area contributed by atoms with Gasteiger partial charge in [0.1, 0.15) is 47.6 Å². The number of nitrogens with one attached hydrogen (secondary N) is 2. The summed E-state index contributed by atoms with van der Waals surface area (Å²) < 4.78 is 64.8. The van der Waals surface area contributed by atoms with Crippen LogP contribution in [0.15, 0.2) is 36.7 Å². The predicted octanol–water partition coefficient (Wildman–Crippen LogP) is 4.66. The Morgan fingerprint density at radius 1 is 1.20 bits per heavy atom. The molecule has 0 fully saturated rings. The molecule has 1 aliphatic heterocycles. The second-order valence-electron chi connectivity index (χ2n) is 7.70. The zero-order chi connectivity index (χ0) is 21.5. The SMILES string of the molecule is CC(C)(F)COC1COc2ccccc2C1Nc1ncnc2[nH]c(C(F)(F)F)cc12. The van der Waals surface area contributed by atoms with Crippen LogP contribution in [0.2, 0.25) is 0 Å². The van der Waals surface area contributed by atoms with Gasteiger partial charge in [0.05, 0.1) is 18.0 Å². The molecule has 0 saturated carbocycles. The zero-order valence-corrected chi connectivity index (χ0v) is 16.3. The Labute approximate surface area is 169 Å². The van der Waals surface area contributed by atoms with Crippen LogP contribution in [0.25, 0.3) is 11.0 Å². The van der Waals surface area contributed by atoms with Gasteiger partial charge in [-0.1, -0.05) is 18.2 Å². The molecular weight excluding hydrogens is 404 g/mol. The summed E-state index contributed by atoms with van der Waals surface area (Å²) in [5.41, 5.74) is -1.67. The quantitative estimate of drug-likeness (QED) is 0.583. The lowest BCUT2D eigenvalue weighted by molar-refractivity contribution is -0.140. The summed E-state index contributed by atoms with van der Waals surface area (Å²) in [7, 11) is 0. The lowest BCUT2D eigenvalue weighted by atomic mass is 9.97. The van der Waals surface area contributed by atoms with Gasteiger partial charge >= 0.3 is 6.18 Å². The van der Waals surface area contributed by atoms with E-state index in [4.69, 9.17) is 9.47 Å². The second-order valence-corrected chi connectivity index (χ2v) is 7.70. The van der Waals surface area contributed by atoms with Gasteiger partial charge in [-0.05, 0) is 26.0 Å². The molecule has 30 heavy (non-hydrogen) atoms. The van der Waals surface area contributed by atoms with Gasteiger partial charge in [0, 0.05) is 5.56 Å². The summed E-state index contributed by atoms with van der Waals surface area (Å²) in [5, 5.41) is 3.36. The fraction of sp³-hybridized carbons (Fsp3) is 0.400. The molecule has 10 heteroatoms. The molecule has 6 nitrogen and oxygen atoms in total. The van der Waals surface area contributed by atoms with Crippen molar-refractivity contribution in [2.75, 3.05) is 18.5 Å². The number of halogens is 4. The molecule has 2 aromatic heterocycles. The van der Waals surface area contributed by atoms with Crippen molar-refractivity contribution in [3.05, 3.63) is 47.9 Å². The molecule has 0 saturated heterocycles. The molecular formula is C20H20F4N4O2. The van der Waals surface area contributed by atoms with Gasteiger partial charge in [0.2, 0.25) is 0 Å². The van der Waals surface area contributed by atoms with Crippen LogP contribution >= 0.6 is 0 Å². The third-order valence-electron chi connectivity index (χ3n) is 4.69. The van der Waals surface area contributed by atoms with Crippen LogP contribution in [-0.4, -0.2) is 39.9 Å². The third kappa shape index (κ3) is 4.18. The number of anilines is 1. The predicted molar refractivity (Wildman–Crippen MR) is 102 cm³/mol. The van der Waals surface area contributed by atoms with Crippen LogP contribution in [0, 0.1) is 0 Å². The van der Waals surface area contributed by atoms with Crippen molar-refractivity contribution in [2.24, 2.45) is 0 Å². The molecule has 0 aliphatic carbocycles. The first-order valence-electron chi connectivity index (χ1n) is 9.31. The van der Waals surface area contributed by atoms with Crippen LogP contribution in [-0.2, 0) is 10.9 Å². The van der Waals surface area contributed by atoms with Gasteiger partial charge in [-0.2, -0.15) is 13.2 Å². The molecule has 1 aromatic carbocycles. The Balaban J connectivity index is 1.70. The lowest BCUT2D eigenvalue weighted by Crippen LogP contribution is -2.40. The number of benzene rings is 1. The normalized spacial score (nSPS) is 19.4. The number of H-pyrrole nitrogens is 1. The van der Waals surface area contributed by atoms with Gasteiger partial charge in [-0.3, -0.25) is 0 Å². The van der Waals surface area contributed by atoms with E-state index in [0.717, 1.165) is 11.6 Å². The summed E-state index contributed by atoms with van der Waals surface area (Å²) in [4.78, 5) is 10.3. The zero-order valence-electron chi connectivity index (χ0n) is 16.3. The molecule has 0 radical (unpaired) electrons. The van der Waals surface area contributed by atoms with Crippen molar-refractivity contribution in [3.63, 3.8) is 0 Å². The van der Waals surface area contributed by atoms with Crippen LogP contribution < -0.4 is 10.1 Å². The van der Waals surface area contributed by atoms with Crippen molar-refractivity contribution in [3.8, 4) is 5.75 Å². The number of hydrogen-bond acceptors (Lipinski definition) is 5. The molecule has 3 aromatic rings. The number of aromatic amines is 1. The lowest BCUT2D eigenvalue weighted by Gasteiger charge is -2.35. The van der Waals surface area contributed by atoms with E-state index in [1.54, 1.807) is 6.07 Å². The fourth-order valence-corrected chi connectivity index (χ4v) is 3.31. The molecule has 4 rings (SSSR count). The van der Waals surface area contributed by atoms with Crippen LogP contribution in [0.3, 0.4) is 0 Å². The number of ether oxygens (including phenoxy) is 2. The van der Waals surface area contributed by atoms with Gasteiger partial charge in [-0.25, -0.2) is 14.4 Å². The molecule has 2 atom stereocenters. The van der Waals surface area contributed by atoms with E-state index in [9.17, 15) is 17.6 Å². The van der Waals surface area contributed by atoms with E-state index in [1.807, 2.05) is 18.2 Å². The number of hydrogen-bond donors (Lipinski definition) is 2. The van der Waals surface area contributed by atoms with E-state index in [-0.39, 0.29) is 30.1 Å². The van der Waals surface area contributed by atoms with Crippen LogP contribution in [0.5, 0.6) is 5.75 Å². The maximum atomic E-state index is 14.0. The molecule has 3 heterocycles. The molecule has 0 bridgehead atoms. The topological polar surface area (TPSA) is 72.1 Å². The third-order valence-corrected chi connectivity index (χ3v) is 4.69. The van der Waals surface area contributed by atoms with Crippen molar-refractivity contribution in [2.45, 2.75) is 37.8 Å². The first-order chi connectivity index (χ1) is 14.1. The second kappa shape index (κ2) is 7.42. The largest absolute Gasteiger partial charge is 0.490 e. The van der Waals surface area contributed by atoms with Gasteiger partial charge in [-0.15, -0.1) is 0 Å². The standard InChI is InChI=1S/C20H20F4N4O2/c1-19(2,21)9-30-14-8-29-13-6-4-3-5-11(13)16(14)28-18-12-7-15(20(22,23)24)27-17(12)25-10-26-18/h3-7,10,14,16H,8-9H2,1-2H3,(H2,25,26,27,28). The number of alkyl halides is 4. The summed E-state index contributed by atoms with van der Waals surface area (Å²) in [6.07, 6.45) is -3.95. The number of nitrogens with zero attached hydrogens (tertiary/aromatic N) is 2. The van der Waals surface area contributed by atoms with Crippen molar-refractivity contribution in [1.29, 1.82) is 0 Å². The number of aromatic nitrogens is 3. The van der Waals surface area contributed by atoms with E-state index in [1.165, 1.54) is 20.2 Å². The Morgan fingerprint density at radius 3 is 2.70 bits per heavy atom. The van der Waals surface area contributed by atoms with Crippen molar-refractivity contribution in [1.82, 2.24) is 15.0 Å². The summed E-state index contributed by atoms with van der Waals surface area (Å²) in [6.45, 7) is 2.79. The monoisotopic (exact) mass is 424 g/mol. The Kier molecular flexibility index (Phi) is 5.05. The minimum atomic E-state index is -4.54.